The van der Waals surface area contributed by atoms with E-state index in [9.17, 15) is 8.42 Å². The Morgan fingerprint density at radius 3 is 2.60 bits per heavy atom. The van der Waals surface area contributed by atoms with Crippen molar-refractivity contribution < 1.29 is 13.2 Å². The highest BCUT2D eigenvalue weighted by Gasteiger charge is 2.16. The summed E-state index contributed by atoms with van der Waals surface area (Å²) in [7, 11) is -1.66. The van der Waals surface area contributed by atoms with Gasteiger partial charge in [-0.05, 0) is 19.8 Å². The van der Waals surface area contributed by atoms with E-state index in [4.69, 9.17) is 4.74 Å². The van der Waals surface area contributed by atoms with E-state index < -0.39 is 10.0 Å². The van der Waals surface area contributed by atoms with Crippen molar-refractivity contribution in [3.8, 4) is 5.75 Å². The van der Waals surface area contributed by atoms with Crippen LogP contribution in [0.15, 0.2) is 6.20 Å². The Hall–Kier alpha value is -1.14. The van der Waals surface area contributed by atoms with Crippen molar-refractivity contribution in [3.05, 3.63) is 23.0 Å². The van der Waals surface area contributed by atoms with Crippen molar-refractivity contribution in [2.75, 3.05) is 12.9 Å². The molecule has 0 spiro atoms. The number of sulfonamides is 1. The standard InChI is InChI=1S/C14H24N2O3S/c1-6-10(2)9-20(17,18)16-8-13-12(4)14(19-5)11(3)7-15-13/h7,10,16H,6,8-9H2,1-5H3/t10-/m0/s1. The van der Waals surface area contributed by atoms with Gasteiger partial charge in [0.1, 0.15) is 5.75 Å². The van der Waals surface area contributed by atoms with Gasteiger partial charge in [-0.1, -0.05) is 20.3 Å². The maximum Gasteiger partial charge on any atom is 0.212 e. The number of aryl methyl sites for hydroxylation is 1. The van der Waals surface area contributed by atoms with E-state index in [2.05, 4.69) is 9.71 Å². The van der Waals surface area contributed by atoms with E-state index in [-0.39, 0.29) is 18.2 Å². The number of nitrogens with zero attached hydrogens (tertiary/aromatic N) is 1. The zero-order valence-corrected chi connectivity index (χ0v) is 13.7. The predicted molar refractivity (Wildman–Crippen MR) is 80.3 cm³/mol. The quantitative estimate of drug-likeness (QED) is 0.838. The summed E-state index contributed by atoms with van der Waals surface area (Å²) in [5.74, 6) is 1.05. The van der Waals surface area contributed by atoms with E-state index in [1.807, 2.05) is 27.7 Å². The largest absolute Gasteiger partial charge is 0.496 e. The molecule has 1 heterocycles. The molecule has 0 fully saturated rings. The molecule has 0 saturated heterocycles. The number of hydrogen-bond acceptors (Lipinski definition) is 4. The Labute approximate surface area is 121 Å². The number of hydrogen-bond donors (Lipinski definition) is 1. The maximum absolute atomic E-state index is 11.9. The lowest BCUT2D eigenvalue weighted by Crippen LogP contribution is -2.29. The number of ether oxygens (including phenoxy) is 1. The minimum atomic E-state index is -3.27. The maximum atomic E-state index is 11.9. The molecule has 114 valence electrons. The van der Waals surface area contributed by atoms with E-state index in [0.29, 0.717) is 5.69 Å². The minimum absolute atomic E-state index is 0.144. The molecule has 1 rings (SSSR count). The first-order valence-electron chi connectivity index (χ1n) is 6.77. The molecule has 0 aromatic carbocycles. The van der Waals surface area contributed by atoms with Gasteiger partial charge >= 0.3 is 0 Å². The Morgan fingerprint density at radius 1 is 1.40 bits per heavy atom. The first-order chi connectivity index (χ1) is 9.30. The molecule has 0 unspecified atom stereocenters. The number of pyridine rings is 1. The van der Waals surface area contributed by atoms with Crippen molar-refractivity contribution in [1.29, 1.82) is 0 Å². The summed E-state index contributed by atoms with van der Waals surface area (Å²) in [6, 6.07) is 0. The molecule has 1 aromatic rings. The highest BCUT2D eigenvalue weighted by molar-refractivity contribution is 7.89. The van der Waals surface area contributed by atoms with E-state index >= 15 is 0 Å². The van der Waals surface area contributed by atoms with Gasteiger partial charge < -0.3 is 4.74 Å². The third-order valence-electron chi connectivity index (χ3n) is 3.41. The summed E-state index contributed by atoms with van der Waals surface area (Å²) < 4.78 is 31.8. The molecular weight excluding hydrogens is 276 g/mol. The lowest BCUT2D eigenvalue weighted by Gasteiger charge is -2.14. The zero-order valence-electron chi connectivity index (χ0n) is 12.9. The second kappa shape index (κ2) is 7.04. The van der Waals surface area contributed by atoms with Crippen molar-refractivity contribution in [2.45, 2.75) is 40.7 Å². The summed E-state index contributed by atoms with van der Waals surface area (Å²) >= 11 is 0. The van der Waals surface area contributed by atoms with Crippen molar-refractivity contribution in [1.82, 2.24) is 9.71 Å². The van der Waals surface area contributed by atoms with Gasteiger partial charge in [-0.15, -0.1) is 0 Å². The second-order valence-corrected chi connectivity index (χ2v) is 7.01. The van der Waals surface area contributed by atoms with Crippen LogP contribution in [0.3, 0.4) is 0 Å². The normalized spacial score (nSPS) is 13.2. The highest BCUT2D eigenvalue weighted by atomic mass is 32.2. The fourth-order valence-electron chi connectivity index (χ4n) is 1.98. The second-order valence-electron chi connectivity index (χ2n) is 5.16. The summed E-state index contributed by atoms with van der Waals surface area (Å²) in [5, 5.41) is 0. The first-order valence-corrected chi connectivity index (χ1v) is 8.42. The van der Waals surface area contributed by atoms with E-state index in [1.54, 1.807) is 13.3 Å². The third kappa shape index (κ3) is 4.45. The van der Waals surface area contributed by atoms with Crippen LogP contribution in [0.2, 0.25) is 0 Å². The minimum Gasteiger partial charge on any atom is -0.496 e. The predicted octanol–water partition coefficient (Wildman–Crippen LogP) is 2.17. The van der Waals surface area contributed by atoms with Gasteiger partial charge in [-0.25, -0.2) is 13.1 Å². The van der Waals surface area contributed by atoms with Gasteiger partial charge in [-0.2, -0.15) is 0 Å². The topological polar surface area (TPSA) is 68.3 Å². The fraction of sp³-hybridized carbons (Fsp3) is 0.643. The molecule has 6 heteroatoms. The van der Waals surface area contributed by atoms with Crippen LogP contribution in [-0.2, 0) is 16.6 Å². The van der Waals surface area contributed by atoms with Crippen LogP contribution in [-0.4, -0.2) is 26.3 Å². The van der Waals surface area contributed by atoms with Crippen molar-refractivity contribution >= 4 is 10.0 Å². The summed E-state index contributed by atoms with van der Waals surface area (Å²) in [4.78, 5) is 4.28. The lowest BCUT2D eigenvalue weighted by atomic mass is 10.1. The van der Waals surface area contributed by atoms with Crippen LogP contribution in [0.25, 0.3) is 0 Å². The molecule has 1 N–H and O–H groups in total. The Bertz CT molecular complexity index is 556. The molecule has 0 saturated carbocycles. The van der Waals surface area contributed by atoms with Gasteiger partial charge in [0, 0.05) is 17.3 Å². The lowest BCUT2D eigenvalue weighted by molar-refractivity contribution is 0.406. The molecular formula is C14H24N2O3S. The molecule has 1 atom stereocenters. The van der Waals surface area contributed by atoms with E-state index in [0.717, 1.165) is 23.3 Å². The van der Waals surface area contributed by atoms with Crippen LogP contribution in [0.5, 0.6) is 5.75 Å². The van der Waals surface area contributed by atoms with Gasteiger partial charge in [-0.3, -0.25) is 4.98 Å². The Balaban J connectivity index is 2.81. The molecule has 0 aliphatic heterocycles. The summed E-state index contributed by atoms with van der Waals surface area (Å²) in [6.45, 7) is 7.91. The van der Waals surface area contributed by atoms with Gasteiger partial charge in [0.05, 0.1) is 25.1 Å². The van der Waals surface area contributed by atoms with Crippen molar-refractivity contribution in [3.63, 3.8) is 0 Å². The highest BCUT2D eigenvalue weighted by Crippen LogP contribution is 2.23. The molecule has 0 aliphatic carbocycles. The van der Waals surface area contributed by atoms with Crippen LogP contribution in [0.4, 0.5) is 0 Å². The van der Waals surface area contributed by atoms with Crippen LogP contribution in [0, 0.1) is 19.8 Å². The summed E-state index contributed by atoms with van der Waals surface area (Å²) in [6.07, 6.45) is 2.54. The van der Waals surface area contributed by atoms with Gasteiger partial charge in [0.2, 0.25) is 10.0 Å². The van der Waals surface area contributed by atoms with Crippen molar-refractivity contribution in [2.24, 2.45) is 5.92 Å². The van der Waals surface area contributed by atoms with Crippen LogP contribution < -0.4 is 9.46 Å². The fourth-order valence-corrected chi connectivity index (χ4v) is 3.44. The van der Waals surface area contributed by atoms with Crippen LogP contribution >= 0.6 is 0 Å². The number of rotatable bonds is 7. The molecule has 5 nitrogen and oxygen atoms in total. The van der Waals surface area contributed by atoms with Crippen LogP contribution in [0.1, 0.15) is 37.1 Å². The Kier molecular flexibility index (Phi) is 5.95. The Morgan fingerprint density at radius 2 is 2.05 bits per heavy atom. The zero-order chi connectivity index (χ0) is 15.3. The monoisotopic (exact) mass is 300 g/mol. The smallest absolute Gasteiger partial charge is 0.212 e. The first kappa shape index (κ1) is 16.9. The number of nitrogens with one attached hydrogen (secondary N) is 1. The average Bonchev–Trinajstić information content (AvgIpc) is 2.37. The molecule has 0 amide bonds. The summed E-state index contributed by atoms with van der Waals surface area (Å²) in [5.41, 5.74) is 2.51. The average molecular weight is 300 g/mol. The SMILES string of the molecule is CC[C@H](C)CS(=O)(=O)NCc1ncc(C)c(OC)c1C. The number of aromatic nitrogens is 1. The molecule has 0 radical (unpaired) electrons. The molecule has 0 aliphatic rings. The number of methoxy groups -OCH3 is 1. The molecule has 20 heavy (non-hydrogen) atoms. The third-order valence-corrected chi connectivity index (χ3v) is 5.00. The molecule has 1 aromatic heterocycles. The molecule has 0 bridgehead atoms. The van der Waals surface area contributed by atoms with Gasteiger partial charge in [0.15, 0.2) is 0 Å². The van der Waals surface area contributed by atoms with Gasteiger partial charge in [0.25, 0.3) is 0 Å². The van der Waals surface area contributed by atoms with E-state index in [1.165, 1.54) is 0 Å².